The maximum Gasteiger partial charge on any atom is 0.338 e. The highest BCUT2D eigenvalue weighted by Crippen LogP contribution is 2.31. The van der Waals surface area contributed by atoms with Crippen LogP contribution in [0.4, 0.5) is 10.8 Å². The third kappa shape index (κ3) is 4.75. The largest absolute Gasteiger partial charge is 0.456 e. The summed E-state index contributed by atoms with van der Waals surface area (Å²) in [6.45, 7) is 3.52. The van der Waals surface area contributed by atoms with Gasteiger partial charge in [-0.25, -0.2) is 9.78 Å². The normalized spacial score (nSPS) is 10.4. The molecule has 0 N–H and O–H groups in total. The van der Waals surface area contributed by atoms with Gasteiger partial charge in [0, 0.05) is 17.9 Å². The summed E-state index contributed by atoms with van der Waals surface area (Å²) in [5.41, 5.74) is 3.25. The summed E-state index contributed by atoms with van der Waals surface area (Å²) in [4.78, 5) is 41.2. The predicted octanol–water partition coefficient (Wildman–Crippen LogP) is 4.56. The van der Waals surface area contributed by atoms with Crippen LogP contribution in [0.2, 0.25) is 0 Å². The Bertz CT molecular complexity index is 1030. The van der Waals surface area contributed by atoms with Crippen molar-refractivity contribution in [1.29, 1.82) is 0 Å². The maximum atomic E-state index is 12.3. The number of hydrogen-bond donors (Lipinski definition) is 0. The minimum absolute atomic E-state index is 0.00800. The number of aryl methyl sites for hydroxylation is 1. The third-order valence-electron chi connectivity index (χ3n) is 4.29. The molecule has 2 aromatic carbocycles. The van der Waals surface area contributed by atoms with Crippen molar-refractivity contribution in [2.24, 2.45) is 0 Å². The number of thiazole rings is 1. The summed E-state index contributed by atoms with van der Waals surface area (Å²) in [7, 11) is 0. The molecule has 3 aromatic rings. The van der Waals surface area contributed by atoms with Gasteiger partial charge in [-0.05, 0) is 30.2 Å². The number of rotatable bonds is 7. The second kappa shape index (κ2) is 9.25. The molecule has 148 valence electrons. The number of hydrogen-bond acceptors (Lipinski definition) is 6. The number of carbonyl (C=O) groups excluding carboxylic acids is 3. The lowest BCUT2D eigenvalue weighted by molar-refractivity contribution is -0.115. The summed E-state index contributed by atoms with van der Waals surface area (Å²) in [6, 6.07) is 13.9. The van der Waals surface area contributed by atoms with Crippen LogP contribution in [0, 0.1) is 0 Å². The van der Waals surface area contributed by atoms with Gasteiger partial charge < -0.3 is 4.74 Å². The summed E-state index contributed by atoms with van der Waals surface area (Å²) in [5, 5.41) is 2.29. The van der Waals surface area contributed by atoms with Gasteiger partial charge >= 0.3 is 5.97 Å². The molecule has 0 saturated carbocycles. The lowest BCUT2D eigenvalue weighted by Crippen LogP contribution is -2.23. The van der Waals surface area contributed by atoms with E-state index in [1.54, 1.807) is 22.4 Å². The van der Waals surface area contributed by atoms with Crippen molar-refractivity contribution >= 4 is 40.3 Å². The van der Waals surface area contributed by atoms with Gasteiger partial charge in [-0.15, -0.1) is 11.3 Å². The van der Waals surface area contributed by atoms with E-state index in [0.717, 1.165) is 17.7 Å². The molecule has 0 unspecified atom stereocenters. The summed E-state index contributed by atoms with van der Waals surface area (Å²) in [5.74, 6) is -0.643. The van der Waals surface area contributed by atoms with Gasteiger partial charge in [0.25, 0.3) is 0 Å². The number of para-hydroxylation sites is 1. The number of benzene rings is 2. The van der Waals surface area contributed by atoms with Crippen LogP contribution in [0.5, 0.6) is 0 Å². The second-order valence-corrected chi connectivity index (χ2v) is 7.11. The van der Waals surface area contributed by atoms with E-state index in [2.05, 4.69) is 4.98 Å². The molecule has 0 radical (unpaired) electrons. The molecule has 29 heavy (non-hydrogen) atoms. The molecule has 0 aliphatic heterocycles. The Labute approximate surface area is 172 Å². The third-order valence-corrected chi connectivity index (χ3v) is 5.17. The van der Waals surface area contributed by atoms with Crippen LogP contribution in [-0.2, 0) is 22.6 Å². The molecule has 0 aliphatic carbocycles. The number of aromatic nitrogens is 1. The molecule has 0 saturated heterocycles. The molecule has 0 fully saturated rings. The van der Waals surface area contributed by atoms with Crippen LogP contribution in [-0.4, -0.2) is 23.1 Å². The summed E-state index contributed by atoms with van der Waals surface area (Å²) < 4.78 is 5.31. The van der Waals surface area contributed by atoms with Crippen molar-refractivity contribution in [2.45, 2.75) is 26.9 Å². The maximum absolute atomic E-state index is 12.3. The minimum atomic E-state index is -0.503. The molecule has 0 atom stereocenters. The van der Waals surface area contributed by atoms with Crippen LogP contribution in [0.25, 0.3) is 0 Å². The van der Waals surface area contributed by atoms with Crippen molar-refractivity contribution < 1.29 is 19.1 Å². The highest BCUT2D eigenvalue weighted by molar-refractivity contribution is 7.14. The first-order valence-electron chi connectivity index (χ1n) is 9.08. The number of nitrogens with zero attached hydrogens (tertiary/aromatic N) is 2. The average molecular weight is 408 g/mol. The average Bonchev–Trinajstić information content (AvgIpc) is 3.20. The minimum Gasteiger partial charge on any atom is -0.456 e. The highest BCUT2D eigenvalue weighted by atomic mass is 32.1. The SMILES string of the molecule is CCc1ccccc1N(C(C)=O)c1nc(COC(=O)c2ccc(C=O)cc2)cs1. The molecule has 1 heterocycles. The number of carbonyl (C=O) groups is 3. The lowest BCUT2D eigenvalue weighted by Gasteiger charge is -2.20. The molecule has 1 aromatic heterocycles. The summed E-state index contributed by atoms with van der Waals surface area (Å²) in [6.07, 6.45) is 1.50. The fourth-order valence-corrected chi connectivity index (χ4v) is 3.69. The van der Waals surface area contributed by atoms with Crippen molar-refractivity contribution in [3.63, 3.8) is 0 Å². The molecular weight excluding hydrogens is 388 g/mol. The zero-order valence-corrected chi connectivity index (χ0v) is 16.9. The zero-order valence-electron chi connectivity index (χ0n) is 16.1. The number of amides is 1. The van der Waals surface area contributed by atoms with E-state index < -0.39 is 5.97 Å². The van der Waals surface area contributed by atoms with Gasteiger partial charge in [-0.1, -0.05) is 37.3 Å². The van der Waals surface area contributed by atoms with Crippen LogP contribution in [0.15, 0.2) is 53.9 Å². The van der Waals surface area contributed by atoms with Crippen LogP contribution in [0.1, 0.15) is 45.8 Å². The second-order valence-electron chi connectivity index (χ2n) is 6.27. The molecule has 3 rings (SSSR count). The van der Waals surface area contributed by atoms with Gasteiger partial charge in [0.2, 0.25) is 5.91 Å². The number of anilines is 2. The van der Waals surface area contributed by atoms with Crippen molar-refractivity contribution in [3.05, 3.63) is 76.3 Å². The predicted molar refractivity (Wildman–Crippen MR) is 112 cm³/mol. The fraction of sp³-hybridized carbons (Fsp3) is 0.182. The quantitative estimate of drug-likeness (QED) is 0.423. The van der Waals surface area contributed by atoms with E-state index in [9.17, 15) is 14.4 Å². The standard InChI is InChI=1S/C22H20N2O4S/c1-3-17-6-4-5-7-20(17)24(15(2)26)22-23-19(14-29-22)13-28-21(27)18-10-8-16(12-25)9-11-18/h4-12,14H,3,13H2,1-2H3. The Balaban J connectivity index is 1.74. The summed E-state index contributed by atoms with van der Waals surface area (Å²) >= 11 is 1.32. The fourth-order valence-electron chi connectivity index (χ4n) is 2.82. The van der Waals surface area contributed by atoms with Gasteiger partial charge in [0.1, 0.15) is 12.9 Å². The Morgan fingerprint density at radius 2 is 1.86 bits per heavy atom. The van der Waals surface area contributed by atoms with E-state index in [4.69, 9.17) is 4.74 Å². The van der Waals surface area contributed by atoms with E-state index in [1.807, 2.05) is 31.2 Å². The van der Waals surface area contributed by atoms with Crippen LogP contribution >= 0.6 is 11.3 Å². The van der Waals surface area contributed by atoms with E-state index in [1.165, 1.54) is 30.4 Å². The molecule has 0 aliphatic rings. The first-order chi connectivity index (χ1) is 14.0. The molecule has 0 spiro atoms. The monoisotopic (exact) mass is 408 g/mol. The first kappa shape index (κ1) is 20.4. The number of esters is 1. The molecule has 0 bridgehead atoms. The molecule has 1 amide bonds. The Hall–Kier alpha value is -3.32. The van der Waals surface area contributed by atoms with E-state index >= 15 is 0 Å². The lowest BCUT2D eigenvalue weighted by atomic mass is 10.1. The first-order valence-corrected chi connectivity index (χ1v) is 9.96. The highest BCUT2D eigenvalue weighted by Gasteiger charge is 2.20. The van der Waals surface area contributed by atoms with E-state index in [-0.39, 0.29) is 12.5 Å². The number of aldehydes is 1. The van der Waals surface area contributed by atoms with Gasteiger partial charge in [-0.3, -0.25) is 14.5 Å². The van der Waals surface area contributed by atoms with Gasteiger partial charge in [0.15, 0.2) is 5.13 Å². The molecular formula is C22H20N2O4S. The van der Waals surface area contributed by atoms with Crippen LogP contribution in [0.3, 0.4) is 0 Å². The molecule has 6 nitrogen and oxygen atoms in total. The van der Waals surface area contributed by atoms with Crippen molar-refractivity contribution in [2.75, 3.05) is 4.90 Å². The van der Waals surface area contributed by atoms with Crippen molar-refractivity contribution in [3.8, 4) is 0 Å². The Morgan fingerprint density at radius 3 is 2.52 bits per heavy atom. The smallest absolute Gasteiger partial charge is 0.338 e. The Kier molecular flexibility index (Phi) is 6.51. The van der Waals surface area contributed by atoms with Crippen LogP contribution < -0.4 is 4.90 Å². The number of ether oxygens (including phenoxy) is 1. The molecule has 7 heteroatoms. The topological polar surface area (TPSA) is 76.6 Å². The Morgan fingerprint density at radius 1 is 1.14 bits per heavy atom. The van der Waals surface area contributed by atoms with Gasteiger partial charge in [0.05, 0.1) is 16.9 Å². The zero-order chi connectivity index (χ0) is 20.8. The van der Waals surface area contributed by atoms with E-state index in [0.29, 0.717) is 28.2 Å². The van der Waals surface area contributed by atoms with Gasteiger partial charge in [-0.2, -0.15) is 0 Å². The van der Waals surface area contributed by atoms with Crippen molar-refractivity contribution in [1.82, 2.24) is 4.98 Å².